The number of para-hydroxylation sites is 1. The number of hydrogen-bond donors (Lipinski definition) is 3. The van der Waals surface area contributed by atoms with Crippen molar-refractivity contribution in [1.82, 2.24) is 9.80 Å². The zero-order chi connectivity index (χ0) is 28.9. The number of aliphatic hydroxyl groups is 1. The van der Waals surface area contributed by atoms with Gasteiger partial charge in [0.05, 0.1) is 25.6 Å². The molecule has 40 heavy (non-hydrogen) atoms. The number of urea groups is 1. The van der Waals surface area contributed by atoms with E-state index < -0.39 is 22.2 Å². The number of ether oxygens (including phenoxy) is 1. The van der Waals surface area contributed by atoms with Crippen LogP contribution >= 0.6 is 11.3 Å². The van der Waals surface area contributed by atoms with Crippen molar-refractivity contribution >= 4 is 44.7 Å². The van der Waals surface area contributed by atoms with Crippen LogP contribution in [-0.4, -0.2) is 74.2 Å². The molecule has 3 amide bonds. The van der Waals surface area contributed by atoms with Gasteiger partial charge in [0.2, 0.25) is 5.91 Å². The number of fused-ring (bicyclic) bond motifs is 1. The first kappa shape index (κ1) is 29.4. The molecule has 10 nitrogen and oxygen atoms in total. The Hall–Kier alpha value is -3.61. The van der Waals surface area contributed by atoms with E-state index in [2.05, 4.69) is 10.0 Å². The molecule has 3 aromatic rings. The second kappa shape index (κ2) is 12.7. The molecule has 3 N–H and O–H groups in total. The van der Waals surface area contributed by atoms with E-state index in [9.17, 15) is 23.1 Å². The smallest absolute Gasteiger partial charge is 0.321 e. The Balaban J connectivity index is 1.61. The number of aliphatic hydroxyl groups excluding tert-OH is 1. The minimum Gasteiger partial charge on any atom is -0.488 e. The molecule has 12 heteroatoms. The normalized spacial score (nSPS) is 18.4. The van der Waals surface area contributed by atoms with Gasteiger partial charge in [0, 0.05) is 36.4 Å². The summed E-state index contributed by atoms with van der Waals surface area (Å²) in [7, 11) is -2.11. The molecule has 3 atom stereocenters. The highest BCUT2D eigenvalue weighted by atomic mass is 32.2. The topological polar surface area (TPSA) is 128 Å². The Kier molecular flexibility index (Phi) is 9.33. The molecule has 2 aromatic carbocycles. The first-order chi connectivity index (χ1) is 19.1. The van der Waals surface area contributed by atoms with Crippen molar-refractivity contribution in [2.45, 2.75) is 36.6 Å². The van der Waals surface area contributed by atoms with E-state index in [4.69, 9.17) is 4.74 Å². The summed E-state index contributed by atoms with van der Waals surface area (Å²) in [4.78, 5) is 29.4. The number of hydrogen-bond acceptors (Lipinski definition) is 7. The van der Waals surface area contributed by atoms with E-state index in [1.54, 1.807) is 60.6 Å². The van der Waals surface area contributed by atoms with Gasteiger partial charge in [0.25, 0.3) is 10.0 Å². The monoisotopic (exact) mass is 586 g/mol. The number of benzene rings is 2. The number of anilines is 2. The zero-order valence-electron chi connectivity index (χ0n) is 22.6. The largest absolute Gasteiger partial charge is 0.488 e. The fourth-order valence-electron chi connectivity index (χ4n) is 4.43. The maximum Gasteiger partial charge on any atom is 0.321 e. The highest BCUT2D eigenvalue weighted by Gasteiger charge is 2.32. The van der Waals surface area contributed by atoms with Crippen LogP contribution in [0, 0.1) is 5.92 Å². The van der Waals surface area contributed by atoms with Crippen LogP contribution in [0.5, 0.6) is 5.75 Å². The lowest BCUT2D eigenvalue weighted by atomic mass is 10.0. The molecule has 0 aliphatic carbocycles. The third-order valence-corrected chi connectivity index (χ3v) is 9.53. The molecule has 1 aliphatic rings. The minimum absolute atomic E-state index is 0.0436. The molecule has 0 saturated carbocycles. The molecule has 0 radical (unpaired) electrons. The van der Waals surface area contributed by atoms with Gasteiger partial charge in [-0.3, -0.25) is 9.52 Å². The van der Waals surface area contributed by atoms with Gasteiger partial charge in [0.1, 0.15) is 16.1 Å². The van der Waals surface area contributed by atoms with Gasteiger partial charge in [-0.1, -0.05) is 31.2 Å². The third-order valence-electron chi connectivity index (χ3n) is 6.75. The third kappa shape index (κ3) is 7.12. The van der Waals surface area contributed by atoms with Crippen molar-refractivity contribution in [2.24, 2.45) is 5.92 Å². The number of likely N-dealkylation sites (N-methyl/N-ethyl adjacent to an activating group) is 1. The van der Waals surface area contributed by atoms with Gasteiger partial charge in [-0.05, 0) is 48.7 Å². The number of rotatable bonds is 8. The Morgan fingerprint density at radius 2 is 1.93 bits per heavy atom. The predicted octanol–water partition coefficient (Wildman–Crippen LogP) is 3.86. The zero-order valence-corrected chi connectivity index (χ0v) is 24.2. The van der Waals surface area contributed by atoms with Crippen molar-refractivity contribution in [2.75, 3.05) is 36.8 Å². The second-order valence-electron chi connectivity index (χ2n) is 9.92. The number of amides is 3. The summed E-state index contributed by atoms with van der Waals surface area (Å²) < 4.78 is 34.8. The van der Waals surface area contributed by atoms with Gasteiger partial charge in [-0.2, -0.15) is 0 Å². The van der Waals surface area contributed by atoms with Gasteiger partial charge >= 0.3 is 6.03 Å². The number of nitrogens with zero attached hydrogens (tertiary/aromatic N) is 2. The fraction of sp³-hybridized carbons (Fsp3) is 0.357. The maximum atomic E-state index is 13.4. The second-order valence-corrected chi connectivity index (χ2v) is 12.8. The van der Waals surface area contributed by atoms with Crippen LogP contribution in [0.25, 0.3) is 0 Å². The SMILES string of the molecule is C[C@H]1CN([C@@H](C)CO)C(=O)Cc2cc(NS(=O)(=O)c3cccs3)ccc2O[C@@H]1CN(C)C(=O)Nc1ccccc1. The van der Waals surface area contributed by atoms with E-state index in [-0.39, 0.29) is 41.6 Å². The van der Waals surface area contributed by atoms with Crippen molar-refractivity contribution in [3.63, 3.8) is 0 Å². The van der Waals surface area contributed by atoms with Crippen LogP contribution in [0.4, 0.5) is 16.2 Å². The van der Waals surface area contributed by atoms with Crippen LogP contribution < -0.4 is 14.8 Å². The first-order valence-electron chi connectivity index (χ1n) is 12.9. The predicted molar refractivity (Wildman–Crippen MR) is 155 cm³/mol. The van der Waals surface area contributed by atoms with Crippen molar-refractivity contribution in [1.29, 1.82) is 0 Å². The fourth-order valence-corrected chi connectivity index (χ4v) is 6.47. The average molecular weight is 587 g/mol. The molecule has 1 aromatic heterocycles. The Labute approximate surface area is 238 Å². The highest BCUT2D eigenvalue weighted by molar-refractivity contribution is 7.94. The summed E-state index contributed by atoms with van der Waals surface area (Å²) in [6.07, 6.45) is -0.545. The first-order valence-corrected chi connectivity index (χ1v) is 15.3. The molecule has 0 spiro atoms. The van der Waals surface area contributed by atoms with Crippen LogP contribution in [-0.2, 0) is 21.2 Å². The standard InChI is InChI=1S/C28H34N4O6S2/c1-19-16-32(20(2)18-33)26(34)15-21-14-23(30-40(36,37)27-10-7-13-39-27)11-12-24(21)38-25(19)17-31(3)28(35)29-22-8-5-4-6-9-22/h4-14,19-20,25,30,33H,15-18H2,1-3H3,(H,29,35)/t19-,20-,25+/m0/s1. The Morgan fingerprint density at radius 3 is 2.60 bits per heavy atom. The molecule has 1 aliphatic heterocycles. The molecule has 0 saturated heterocycles. The van der Waals surface area contributed by atoms with E-state index in [1.807, 2.05) is 25.1 Å². The molecule has 2 heterocycles. The average Bonchev–Trinajstić information content (AvgIpc) is 3.49. The summed E-state index contributed by atoms with van der Waals surface area (Å²) in [5, 5.41) is 14.4. The molecule has 0 fully saturated rings. The Bertz CT molecular complexity index is 1420. The molecule has 0 unspecified atom stereocenters. The molecule has 214 valence electrons. The van der Waals surface area contributed by atoms with Gasteiger partial charge in [-0.15, -0.1) is 11.3 Å². The quantitative estimate of drug-likeness (QED) is 0.368. The summed E-state index contributed by atoms with van der Waals surface area (Å²) in [5.41, 5.74) is 1.47. The van der Waals surface area contributed by atoms with Crippen LogP contribution in [0.1, 0.15) is 19.4 Å². The number of carbonyl (C=O) groups excluding carboxylic acids is 2. The lowest BCUT2D eigenvalue weighted by Crippen LogP contribution is -2.48. The van der Waals surface area contributed by atoms with Gasteiger partial charge < -0.3 is 25.0 Å². The van der Waals surface area contributed by atoms with Crippen molar-refractivity contribution < 1.29 is 27.9 Å². The van der Waals surface area contributed by atoms with Gasteiger partial charge in [-0.25, -0.2) is 13.2 Å². The summed E-state index contributed by atoms with van der Waals surface area (Å²) in [6, 6.07) is 16.4. The molecular weight excluding hydrogens is 552 g/mol. The number of carbonyl (C=O) groups is 2. The Morgan fingerprint density at radius 1 is 1.18 bits per heavy atom. The van der Waals surface area contributed by atoms with Crippen LogP contribution in [0.2, 0.25) is 0 Å². The molecular formula is C28H34N4O6S2. The molecule has 0 bridgehead atoms. The van der Waals surface area contributed by atoms with Crippen molar-refractivity contribution in [3.05, 3.63) is 71.6 Å². The van der Waals surface area contributed by atoms with E-state index in [0.717, 1.165) is 11.3 Å². The number of thiophene rings is 1. The minimum atomic E-state index is -3.78. The van der Waals surface area contributed by atoms with E-state index in [0.29, 0.717) is 29.2 Å². The van der Waals surface area contributed by atoms with E-state index >= 15 is 0 Å². The van der Waals surface area contributed by atoms with Crippen LogP contribution in [0.3, 0.4) is 0 Å². The van der Waals surface area contributed by atoms with Crippen molar-refractivity contribution in [3.8, 4) is 5.75 Å². The summed E-state index contributed by atoms with van der Waals surface area (Å²) >= 11 is 1.10. The van der Waals surface area contributed by atoms with E-state index in [1.165, 1.54) is 11.0 Å². The summed E-state index contributed by atoms with van der Waals surface area (Å²) in [6.45, 7) is 4.03. The van der Waals surface area contributed by atoms with Gasteiger partial charge in [0.15, 0.2) is 0 Å². The highest BCUT2D eigenvalue weighted by Crippen LogP contribution is 2.30. The van der Waals surface area contributed by atoms with Crippen LogP contribution in [0.15, 0.2) is 70.3 Å². The number of sulfonamides is 1. The molecule has 4 rings (SSSR count). The summed E-state index contributed by atoms with van der Waals surface area (Å²) in [5.74, 6) is 0.0138. The lowest BCUT2D eigenvalue weighted by molar-refractivity contribution is -0.134. The maximum absolute atomic E-state index is 13.4. The number of nitrogens with one attached hydrogen (secondary N) is 2. The lowest BCUT2D eigenvalue weighted by Gasteiger charge is -2.34.